The van der Waals surface area contributed by atoms with Gasteiger partial charge < -0.3 is 0 Å². The van der Waals surface area contributed by atoms with Crippen LogP contribution in [0.25, 0.3) is 6.08 Å². The molecule has 1 saturated carbocycles. The number of hydrogen-bond donors (Lipinski definition) is 0. The molecule has 0 aromatic heterocycles. The van der Waals surface area contributed by atoms with Gasteiger partial charge in [-0.05, 0) is 29.5 Å². The van der Waals surface area contributed by atoms with Crippen LogP contribution in [-0.2, 0) is 0 Å². The van der Waals surface area contributed by atoms with Crippen molar-refractivity contribution in [3.8, 4) is 0 Å². The maximum absolute atomic E-state index is 13.0. The zero-order valence-corrected chi connectivity index (χ0v) is 14.1. The van der Waals surface area contributed by atoms with Crippen LogP contribution in [0, 0.1) is 5.92 Å². The lowest BCUT2D eigenvalue weighted by molar-refractivity contribution is 0.103. The molecule has 1 heteroatoms. The first-order valence-corrected chi connectivity index (χ1v) is 9.23. The molecule has 1 atom stereocenters. The summed E-state index contributed by atoms with van der Waals surface area (Å²) in [6.45, 7) is 0. The van der Waals surface area contributed by atoms with Crippen molar-refractivity contribution in [3.05, 3.63) is 76.9 Å². The van der Waals surface area contributed by atoms with E-state index in [1.807, 2.05) is 30.3 Å². The second kappa shape index (κ2) is 6.76. The zero-order valence-electron chi connectivity index (χ0n) is 14.1. The number of allylic oxidation sites excluding steroid dienone is 1. The largest absolute Gasteiger partial charge is 0.289 e. The number of benzene rings is 2. The van der Waals surface area contributed by atoms with Gasteiger partial charge in [-0.3, -0.25) is 4.79 Å². The van der Waals surface area contributed by atoms with Crippen molar-refractivity contribution in [2.45, 2.75) is 44.4 Å². The van der Waals surface area contributed by atoms with E-state index in [0.29, 0.717) is 0 Å². The second-order valence-corrected chi connectivity index (χ2v) is 7.22. The van der Waals surface area contributed by atoms with Crippen LogP contribution in [0.3, 0.4) is 0 Å². The summed E-state index contributed by atoms with van der Waals surface area (Å²) in [4.78, 5) is 13.0. The Kier molecular flexibility index (Phi) is 4.34. The fourth-order valence-corrected chi connectivity index (χ4v) is 4.39. The topological polar surface area (TPSA) is 17.1 Å². The average molecular weight is 316 g/mol. The Bertz CT molecular complexity index is 751. The van der Waals surface area contributed by atoms with E-state index in [0.717, 1.165) is 29.0 Å². The quantitative estimate of drug-likeness (QED) is 0.633. The molecule has 0 heterocycles. The Hall–Kier alpha value is -2.15. The normalized spacial score (nSPS) is 22.8. The van der Waals surface area contributed by atoms with Gasteiger partial charge in [-0.15, -0.1) is 0 Å². The molecular weight excluding hydrogens is 292 g/mol. The molecule has 2 aromatic carbocycles. The highest BCUT2D eigenvalue weighted by molar-refractivity contribution is 6.16. The predicted octanol–water partition coefficient (Wildman–Crippen LogP) is 6.02. The van der Waals surface area contributed by atoms with Crippen molar-refractivity contribution >= 4 is 11.9 Å². The molecule has 0 N–H and O–H groups in total. The highest BCUT2D eigenvalue weighted by atomic mass is 16.1. The third-order valence-corrected chi connectivity index (χ3v) is 5.63. The van der Waals surface area contributed by atoms with Crippen LogP contribution >= 0.6 is 0 Å². The van der Waals surface area contributed by atoms with Gasteiger partial charge in [-0.2, -0.15) is 0 Å². The lowest BCUT2D eigenvalue weighted by Crippen LogP contribution is -2.11. The van der Waals surface area contributed by atoms with Gasteiger partial charge in [0.2, 0.25) is 0 Å². The summed E-state index contributed by atoms with van der Waals surface area (Å²) < 4.78 is 0. The van der Waals surface area contributed by atoms with Crippen molar-refractivity contribution < 1.29 is 4.79 Å². The maximum atomic E-state index is 13.0. The summed E-state index contributed by atoms with van der Waals surface area (Å²) in [5.74, 6) is 1.27. The van der Waals surface area contributed by atoms with Crippen LogP contribution in [0.1, 0.15) is 65.9 Å². The van der Waals surface area contributed by atoms with E-state index < -0.39 is 0 Å². The minimum Gasteiger partial charge on any atom is -0.289 e. The number of carbonyl (C=O) groups is 1. The van der Waals surface area contributed by atoms with E-state index in [4.69, 9.17) is 0 Å². The van der Waals surface area contributed by atoms with Crippen molar-refractivity contribution in [1.29, 1.82) is 0 Å². The molecule has 0 amide bonds. The van der Waals surface area contributed by atoms with Gasteiger partial charge in [-0.25, -0.2) is 0 Å². The van der Waals surface area contributed by atoms with Gasteiger partial charge in [0, 0.05) is 17.1 Å². The summed E-state index contributed by atoms with van der Waals surface area (Å²) >= 11 is 0. The third kappa shape index (κ3) is 2.96. The highest BCUT2D eigenvalue weighted by Gasteiger charge is 2.35. The molecule has 1 fully saturated rings. The van der Waals surface area contributed by atoms with E-state index in [-0.39, 0.29) is 11.7 Å². The van der Waals surface area contributed by atoms with Gasteiger partial charge in [-0.1, -0.05) is 86.7 Å². The summed E-state index contributed by atoms with van der Waals surface area (Å²) in [6, 6.07) is 18.5. The van der Waals surface area contributed by atoms with Crippen LogP contribution in [-0.4, -0.2) is 5.78 Å². The standard InChI is InChI=1S/C23H24O/c24-23-20-14-8-7-13-19(20)21(15-17-9-3-1-4-10-17)22(23)16-18-11-5-2-6-12-18/h2,5-8,11-14,16-17,21H,1,3-4,9-10,15H2/b22-16+. The number of rotatable bonds is 3. The van der Waals surface area contributed by atoms with Gasteiger partial charge in [0.05, 0.1) is 0 Å². The van der Waals surface area contributed by atoms with E-state index in [2.05, 4.69) is 30.3 Å². The Morgan fingerprint density at radius 3 is 2.38 bits per heavy atom. The molecule has 1 nitrogen and oxygen atoms in total. The Morgan fingerprint density at radius 2 is 1.58 bits per heavy atom. The highest BCUT2D eigenvalue weighted by Crippen LogP contribution is 2.44. The van der Waals surface area contributed by atoms with Gasteiger partial charge >= 0.3 is 0 Å². The molecular formula is C23H24O. The average Bonchev–Trinajstić information content (AvgIpc) is 2.90. The van der Waals surface area contributed by atoms with E-state index in [9.17, 15) is 4.79 Å². The molecule has 4 rings (SSSR count). The van der Waals surface area contributed by atoms with Crippen LogP contribution in [0.4, 0.5) is 0 Å². The maximum Gasteiger partial charge on any atom is 0.189 e. The second-order valence-electron chi connectivity index (χ2n) is 7.22. The fraction of sp³-hybridized carbons (Fsp3) is 0.348. The SMILES string of the molecule is O=C1/C(=C/c2ccccc2)C(CC2CCCCC2)c2ccccc21. The Morgan fingerprint density at radius 1 is 0.875 bits per heavy atom. The Labute approximate surface area is 144 Å². The van der Waals surface area contributed by atoms with E-state index in [1.165, 1.54) is 37.7 Å². The van der Waals surface area contributed by atoms with Crippen molar-refractivity contribution in [1.82, 2.24) is 0 Å². The lowest BCUT2D eigenvalue weighted by atomic mass is 9.79. The van der Waals surface area contributed by atoms with Crippen LogP contribution < -0.4 is 0 Å². The summed E-state index contributed by atoms with van der Waals surface area (Å²) in [5, 5.41) is 0. The molecule has 2 aromatic rings. The molecule has 2 aliphatic carbocycles. The molecule has 0 spiro atoms. The molecule has 0 radical (unpaired) electrons. The predicted molar refractivity (Wildman–Crippen MR) is 99.1 cm³/mol. The van der Waals surface area contributed by atoms with Crippen LogP contribution in [0.2, 0.25) is 0 Å². The first-order chi connectivity index (χ1) is 11.8. The lowest BCUT2D eigenvalue weighted by Gasteiger charge is -2.25. The number of ketones is 1. The first-order valence-electron chi connectivity index (χ1n) is 9.23. The third-order valence-electron chi connectivity index (χ3n) is 5.63. The zero-order chi connectivity index (χ0) is 16.4. The number of Topliss-reactive ketones (excluding diaryl/α,β-unsaturated/α-hetero) is 1. The Balaban J connectivity index is 1.70. The number of hydrogen-bond acceptors (Lipinski definition) is 1. The minimum absolute atomic E-state index is 0.232. The molecule has 0 saturated heterocycles. The summed E-state index contributed by atoms with van der Waals surface area (Å²) in [5.41, 5.74) is 4.28. The number of fused-ring (bicyclic) bond motifs is 1. The number of carbonyl (C=O) groups excluding carboxylic acids is 1. The van der Waals surface area contributed by atoms with Crippen molar-refractivity contribution in [2.24, 2.45) is 5.92 Å². The molecule has 2 aliphatic rings. The first kappa shape index (κ1) is 15.4. The van der Waals surface area contributed by atoms with E-state index in [1.54, 1.807) is 0 Å². The van der Waals surface area contributed by atoms with Gasteiger partial charge in [0.25, 0.3) is 0 Å². The molecule has 0 bridgehead atoms. The van der Waals surface area contributed by atoms with Gasteiger partial charge in [0.1, 0.15) is 0 Å². The smallest absolute Gasteiger partial charge is 0.189 e. The molecule has 1 unspecified atom stereocenters. The van der Waals surface area contributed by atoms with E-state index >= 15 is 0 Å². The summed E-state index contributed by atoms with van der Waals surface area (Å²) in [6.07, 6.45) is 9.98. The van der Waals surface area contributed by atoms with Gasteiger partial charge in [0.15, 0.2) is 5.78 Å². The molecule has 122 valence electrons. The molecule has 0 aliphatic heterocycles. The molecule has 24 heavy (non-hydrogen) atoms. The van der Waals surface area contributed by atoms with Crippen molar-refractivity contribution in [3.63, 3.8) is 0 Å². The van der Waals surface area contributed by atoms with Crippen LogP contribution in [0.15, 0.2) is 60.2 Å². The fourth-order valence-electron chi connectivity index (χ4n) is 4.39. The van der Waals surface area contributed by atoms with Crippen molar-refractivity contribution in [2.75, 3.05) is 0 Å². The monoisotopic (exact) mass is 316 g/mol. The minimum atomic E-state index is 0.232. The summed E-state index contributed by atoms with van der Waals surface area (Å²) in [7, 11) is 0. The van der Waals surface area contributed by atoms with Crippen LogP contribution in [0.5, 0.6) is 0 Å².